The molecule has 0 aliphatic rings. The van der Waals surface area contributed by atoms with Gasteiger partial charge in [-0.15, -0.1) is 0 Å². The molecule has 0 aliphatic carbocycles. The molecule has 0 bridgehead atoms. The highest BCUT2D eigenvalue weighted by atomic mass is 16.5. The van der Waals surface area contributed by atoms with Gasteiger partial charge < -0.3 is 15.2 Å². The van der Waals surface area contributed by atoms with Crippen molar-refractivity contribution in [3.63, 3.8) is 0 Å². The minimum Gasteiger partial charge on any atom is -0.508 e. The van der Waals surface area contributed by atoms with Crippen LogP contribution in [0.25, 0.3) is 0 Å². The van der Waals surface area contributed by atoms with Crippen molar-refractivity contribution in [1.29, 1.82) is 0 Å². The number of ether oxygens (including phenoxy) is 1. The number of para-hydroxylation sites is 1. The zero-order valence-electron chi connectivity index (χ0n) is 12.8. The second-order valence-electron chi connectivity index (χ2n) is 5.40. The van der Waals surface area contributed by atoms with Crippen LogP contribution in [-0.2, 0) is 6.42 Å². The molecule has 0 radical (unpaired) electrons. The van der Waals surface area contributed by atoms with Crippen LogP contribution in [0.2, 0.25) is 0 Å². The first-order valence-electron chi connectivity index (χ1n) is 7.27. The molecular formula is C18H23NO2. The summed E-state index contributed by atoms with van der Waals surface area (Å²) in [6.45, 7) is 4.31. The van der Waals surface area contributed by atoms with Crippen molar-refractivity contribution in [3.8, 4) is 11.5 Å². The normalized spacial score (nSPS) is 13.7. The predicted molar refractivity (Wildman–Crippen MR) is 85.8 cm³/mol. The van der Waals surface area contributed by atoms with E-state index in [9.17, 15) is 5.11 Å². The summed E-state index contributed by atoms with van der Waals surface area (Å²) in [6.07, 6.45) is 0.916. The minimum absolute atomic E-state index is 0.216. The molecule has 0 aliphatic heterocycles. The first-order valence-corrected chi connectivity index (χ1v) is 7.27. The fraction of sp³-hybridized carbons (Fsp3) is 0.333. The molecule has 112 valence electrons. The summed E-state index contributed by atoms with van der Waals surface area (Å²) in [7, 11) is 1.70. The number of hydrogen-bond acceptors (Lipinski definition) is 3. The van der Waals surface area contributed by atoms with E-state index in [4.69, 9.17) is 4.74 Å². The van der Waals surface area contributed by atoms with Crippen LogP contribution < -0.4 is 10.1 Å². The van der Waals surface area contributed by atoms with Crippen molar-refractivity contribution >= 4 is 0 Å². The van der Waals surface area contributed by atoms with Gasteiger partial charge >= 0.3 is 0 Å². The van der Waals surface area contributed by atoms with E-state index in [1.54, 1.807) is 19.2 Å². The molecule has 2 aromatic rings. The topological polar surface area (TPSA) is 41.5 Å². The molecule has 0 amide bonds. The van der Waals surface area contributed by atoms with Crippen LogP contribution in [0.4, 0.5) is 0 Å². The van der Waals surface area contributed by atoms with Crippen LogP contribution in [0.5, 0.6) is 11.5 Å². The Kier molecular flexibility index (Phi) is 5.23. The summed E-state index contributed by atoms with van der Waals surface area (Å²) >= 11 is 0. The first-order chi connectivity index (χ1) is 10.1. The van der Waals surface area contributed by atoms with E-state index in [0.29, 0.717) is 11.8 Å². The van der Waals surface area contributed by atoms with Gasteiger partial charge in [-0.05, 0) is 44.0 Å². The SMILES string of the molecule is COc1ccccc1[C@@H](C)NC(C)Cc1ccc(O)cc1. The first kappa shape index (κ1) is 15.4. The molecule has 2 rings (SSSR count). The third-order valence-corrected chi connectivity index (χ3v) is 3.62. The third-order valence-electron chi connectivity index (χ3n) is 3.62. The number of nitrogens with one attached hydrogen (secondary N) is 1. The monoisotopic (exact) mass is 285 g/mol. The molecule has 0 saturated heterocycles. The summed E-state index contributed by atoms with van der Waals surface area (Å²) in [4.78, 5) is 0. The second kappa shape index (κ2) is 7.14. The zero-order chi connectivity index (χ0) is 15.2. The van der Waals surface area contributed by atoms with Crippen LogP contribution in [0.15, 0.2) is 48.5 Å². The molecule has 2 atom stereocenters. The standard InChI is InChI=1S/C18H23NO2/c1-13(12-15-8-10-16(20)11-9-15)19-14(2)17-6-4-5-7-18(17)21-3/h4-11,13-14,19-20H,12H2,1-3H3/t13?,14-/m1/s1. The lowest BCUT2D eigenvalue weighted by atomic mass is 10.0. The van der Waals surface area contributed by atoms with Gasteiger partial charge in [0.1, 0.15) is 11.5 Å². The lowest BCUT2D eigenvalue weighted by molar-refractivity contribution is 0.395. The number of aromatic hydroxyl groups is 1. The molecule has 0 saturated carbocycles. The van der Waals surface area contributed by atoms with Crippen LogP contribution in [-0.4, -0.2) is 18.3 Å². The number of hydrogen-bond donors (Lipinski definition) is 2. The quantitative estimate of drug-likeness (QED) is 0.850. The molecule has 2 N–H and O–H groups in total. The lowest BCUT2D eigenvalue weighted by Crippen LogP contribution is -2.30. The van der Waals surface area contributed by atoms with E-state index in [1.165, 1.54) is 5.56 Å². The third kappa shape index (κ3) is 4.23. The van der Waals surface area contributed by atoms with Crippen molar-refractivity contribution in [2.75, 3.05) is 7.11 Å². The highest BCUT2D eigenvalue weighted by molar-refractivity contribution is 5.35. The van der Waals surface area contributed by atoms with Crippen molar-refractivity contribution in [3.05, 3.63) is 59.7 Å². The van der Waals surface area contributed by atoms with Crippen molar-refractivity contribution in [2.24, 2.45) is 0 Å². The average molecular weight is 285 g/mol. The molecule has 21 heavy (non-hydrogen) atoms. The maximum absolute atomic E-state index is 9.31. The Morgan fingerprint density at radius 2 is 1.71 bits per heavy atom. The number of methoxy groups -OCH3 is 1. The van der Waals surface area contributed by atoms with E-state index in [2.05, 4.69) is 25.2 Å². The van der Waals surface area contributed by atoms with Gasteiger partial charge in [0.25, 0.3) is 0 Å². The molecule has 3 heteroatoms. The van der Waals surface area contributed by atoms with E-state index in [-0.39, 0.29) is 6.04 Å². The Bertz CT molecular complexity index is 566. The van der Waals surface area contributed by atoms with Crippen molar-refractivity contribution < 1.29 is 9.84 Å². The number of phenols is 1. The van der Waals surface area contributed by atoms with E-state index < -0.39 is 0 Å². The van der Waals surface area contributed by atoms with Gasteiger partial charge in [-0.2, -0.15) is 0 Å². The maximum Gasteiger partial charge on any atom is 0.123 e. The van der Waals surface area contributed by atoms with Crippen LogP contribution in [0.3, 0.4) is 0 Å². The summed E-state index contributed by atoms with van der Waals surface area (Å²) < 4.78 is 5.41. The molecule has 0 heterocycles. The molecule has 3 nitrogen and oxygen atoms in total. The van der Waals surface area contributed by atoms with Gasteiger partial charge in [-0.3, -0.25) is 0 Å². The van der Waals surface area contributed by atoms with Crippen molar-refractivity contribution in [1.82, 2.24) is 5.32 Å². The molecule has 2 aromatic carbocycles. The van der Waals surface area contributed by atoms with E-state index in [1.807, 2.05) is 30.3 Å². The van der Waals surface area contributed by atoms with E-state index >= 15 is 0 Å². The lowest BCUT2D eigenvalue weighted by Gasteiger charge is -2.22. The predicted octanol–water partition coefficient (Wildman–Crippen LogP) is 3.68. The fourth-order valence-electron chi connectivity index (χ4n) is 2.59. The van der Waals surface area contributed by atoms with Gasteiger partial charge in [-0.25, -0.2) is 0 Å². The summed E-state index contributed by atoms with van der Waals surface area (Å²) in [6, 6.07) is 16.0. The van der Waals surface area contributed by atoms with Crippen molar-refractivity contribution in [2.45, 2.75) is 32.4 Å². The number of phenolic OH excluding ortho intramolecular Hbond substituents is 1. The highest BCUT2D eigenvalue weighted by Gasteiger charge is 2.13. The summed E-state index contributed by atoms with van der Waals surface area (Å²) in [5, 5.41) is 12.9. The largest absolute Gasteiger partial charge is 0.508 e. The molecule has 0 spiro atoms. The molecular weight excluding hydrogens is 262 g/mol. The Morgan fingerprint density at radius 1 is 1.05 bits per heavy atom. The fourth-order valence-corrected chi connectivity index (χ4v) is 2.59. The van der Waals surface area contributed by atoms with Gasteiger partial charge in [-0.1, -0.05) is 30.3 Å². The smallest absolute Gasteiger partial charge is 0.123 e. The Labute approximate surface area is 126 Å². The zero-order valence-corrected chi connectivity index (χ0v) is 12.8. The van der Waals surface area contributed by atoms with Gasteiger partial charge in [0.15, 0.2) is 0 Å². The van der Waals surface area contributed by atoms with Crippen LogP contribution in [0, 0.1) is 0 Å². The summed E-state index contributed by atoms with van der Waals surface area (Å²) in [5.41, 5.74) is 2.37. The van der Waals surface area contributed by atoms with Gasteiger partial charge in [0, 0.05) is 17.6 Å². The number of benzene rings is 2. The Morgan fingerprint density at radius 3 is 2.38 bits per heavy atom. The van der Waals surface area contributed by atoms with Crippen LogP contribution >= 0.6 is 0 Å². The summed E-state index contributed by atoms with van der Waals surface area (Å²) in [5.74, 6) is 1.22. The minimum atomic E-state index is 0.216. The molecule has 0 fully saturated rings. The van der Waals surface area contributed by atoms with Gasteiger partial charge in [0.05, 0.1) is 7.11 Å². The molecule has 1 unspecified atom stereocenters. The van der Waals surface area contributed by atoms with E-state index in [0.717, 1.165) is 17.7 Å². The molecule has 0 aromatic heterocycles. The van der Waals surface area contributed by atoms with Crippen LogP contribution in [0.1, 0.15) is 31.0 Å². The second-order valence-corrected chi connectivity index (χ2v) is 5.40. The van der Waals surface area contributed by atoms with Gasteiger partial charge in [0.2, 0.25) is 0 Å². The maximum atomic E-state index is 9.31. The highest BCUT2D eigenvalue weighted by Crippen LogP contribution is 2.25. The number of rotatable bonds is 6. The Balaban J connectivity index is 1.98. The Hall–Kier alpha value is -2.00. The average Bonchev–Trinajstić information content (AvgIpc) is 2.49.